The fourth-order valence-electron chi connectivity index (χ4n) is 1.64. The first-order chi connectivity index (χ1) is 8.53. The van der Waals surface area contributed by atoms with Crippen molar-refractivity contribution in [3.8, 4) is 0 Å². The number of rotatable bonds is 4. The molecule has 0 heterocycles. The van der Waals surface area contributed by atoms with Crippen LogP contribution in [-0.2, 0) is 4.79 Å². The molecule has 96 valence electrons. The zero-order valence-corrected chi connectivity index (χ0v) is 9.77. The molecule has 0 atom stereocenters. The lowest BCUT2D eigenvalue weighted by molar-refractivity contribution is -0.143. The smallest absolute Gasteiger partial charge is 0.319 e. The summed E-state index contributed by atoms with van der Waals surface area (Å²) < 4.78 is 0. The predicted molar refractivity (Wildman–Crippen MR) is 67.2 cm³/mol. The number of carbonyl (C=O) groups is 2. The monoisotopic (exact) mass is 249 g/mol. The van der Waals surface area contributed by atoms with E-state index in [4.69, 9.17) is 10.8 Å². The van der Waals surface area contributed by atoms with Crippen molar-refractivity contribution in [2.45, 2.75) is 12.8 Å². The van der Waals surface area contributed by atoms with E-state index in [0.717, 1.165) is 0 Å². The number of anilines is 2. The molecule has 0 aliphatic heterocycles. The van der Waals surface area contributed by atoms with Crippen molar-refractivity contribution in [3.05, 3.63) is 24.3 Å². The Hall–Kier alpha value is -2.24. The molecule has 1 fully saturated rings. The molecule has 5 N–H and O–H groups in total. The minimum atomic E-state index is -0.859. The zero-order chi connectivity index (χ0) is 13.2. The van der Waals surface area contributed by atoms with Gasteiger partial charge < -0.3 is 21.5 Å². The molecule has 0 unspecified atom stereocenters. The van der Waals surface area contributed by atoms with Crippen LogP contribution in [0.1, 0.15) is 12.8 Å². The SMILES string of the molecule is Nc1ccccc1NC(=O)NCC1(C(=O)O)CC1. The van der Waals surface area contributed by atoms with Gasteiger partial charge in [0, 0.05) is 6.54 Å². The molecule has 0 aromatic heterocycles. The highest BCUT2D eigenvalue weighted by atomic mass is 16.4. The van der Waals surface area contributed by atoms with Gasteiger partial charge in [-0.25, -0.2) is 4.79 Å². The predicted octanol–water partition coefficient (Wildman–Crippen LogP) is 1.26. The Kier molecular flexibility index (Phi) is 3.10. The lowest BCUT2D eigenvalue weighted by Crippen LogP contribution is -2.36. The van der Waals surface area contributed by atoms with Crippen LogP contribution in [0.5, 0.6) is 0 Å². The maximum absolute atomic E-state index is 11.6. The summed E-state index contributed by atoms with van der Waals surface area (Å²) in [4.78, 5) is 22.5. The molecule has 1 saturated carbocycles. The molecule has 1 aliphatic carbocycles. The Balaban J connectivity index is 1.87. The number of amides is 2. The van der Waals surface area contributed by atoms with Gasteiger partial charge in [0.05, 0.1) is 16.8 Å². The van der Waals surface area contributed by atoms with Crippen molar-refractivity contribution in [2.75, 3.05) is 17.6 Å². The molecule has 18 heavy (non-hydrogen) atoms. The number of nitrogens with two attached hydrogens (primary N) is 1. The Morgan fingerprint density at radius 1 is 1.33 bits per heavy atom. The van der Waals surface area contributed by atoms with E-state index in [2.05, 4.69) is 10.6 Å². The summed E-state index contributed by atoms with van der Waals surface area (Å²) in [5.74, 6) is -0.859. The number of carboxylic acids is 1. The quantitative estimate of drug-likeness (QED) is 0.603. The number of urea groups is 1. The van der Waals surface area contributed by atoms with E-state index >= 15 is 0 Å². The number of nitrogen functional groups attached to an aromatic ring is 1. The van der Waals surface area contributed by atoms with Crippen LogP contribution in [0.4, 0.5) is 16.2 Å². The van der Waals surface area contributed by atoms with Crippen molar-refractivity contribution < 1.29 is 14.7 Å². The zero-order valence-electron chi connectivity index (χ0n) is 9.77. The van der Waals surface area contributed by atoms with E-state index in [1.165, 1.54) is 0 Å². The van der Waals surface area contributed by atoms with Crippen molar-refractivity contribution in [1.82, 2.24) is 5.32 Å². The summed E-state index contributed by atoms with van der Waals surface area (Å²) in [6.45, 7) is 0.140. The van der Waals surface area contributed by atoms with Gasteiger partial charge in [0.1, 0.15) is 0 Å². The van der Waals surface area contributed by atoms with Crippen LogP contribution in [0.3, 0.4) is 0 Å². The first-order valence-corrected chi connectivity index (χ1v) is 5.66. The molecule has 1 aliphatic rings. The molecule has 2 rings (SSSR count). The minimum absolute atomic E-state index is 0.140. The van der Waals surface area contributed by atoms with Crippen LogP contribution in [0, 0.1) is 5.41 Å². The molecule has 6 nitrogen and oxygen atoms in total. The third-order valence-corrected chi connectivity index (χ3v) is 3.10. The summed E-state index contributed by atoms with van der Waals surface area (Å²) in [6, 6.07) is 6.43. The average molecular weight is 249 g/mol. The number of carbonyl (C=O) groups excluding carboxylic acids is 1. The van der Waals surface area contributed by atoms with Crippen molar-refractivity contribution in [3.63, 3.8) is 0 Å². The van der Waals surface area contributed by atoms with E-state index < -0.39 is 17.4 Å². The van der Waals surface area contributed by atoms with Gasteiger partial charge in [0.25, 0.3) is 0 Å². The highest BCUT2D eigenvalue weighted by Crippen LogP contribution is 2.45. The van der Waals surface area contributed by atoms with Crippen LogP contribution < -0.4 is 16.4 Å². The number of hydrogen-bond donors (Lipinski definition) is 4. The lowest BCUT2D eigenvalue weighted by Gasteiger charge is -2.12. The highest BCUT2D eigenvalue weighted by Gasteiger charge is 2.50. The van der Waals surface area contributed by atoms with Gasteiger partial charge in [-0.15, -0.1) is 0 Å². The second kappa shape index (κ2) is 4.56. The van der Waals surface area contributed by atoms with Gasteiger partial charge in [0.15, 0.2) is 0 Å². The van der Waals surface area contributed by atoms with E-state index in [0.29, 0.717) is 24.2 Å². The molecule has 0 radical (unpaired) electrons. The van der Waals surface area contributed by atoms with E-state index in [-0.39, 0.29) is 6.54 Å². The van der Waals surface area contributed by atoms with Crippen LogP contribution in [0.15, 0.2) is 24.3 Å². The third-order valence-electron chi connectivity index (χ3n) is 3.10. The number of aliphatic carboxylic acids is 1. The Morgan fingerprint density at radius 2 is 2.00 bits per heavy atom. The average Bonchev–Trinajstić information content (AvgIpc) is 3.11. The fourth-order valence-corrected chi connectivity index (χ4v) is 1.64. The van der Waals surface area contributed by atoms with Gasteiger partial charge in [0.2, 0.25) is 0 Å². The van der Waals surface area contributed by atoms with Gasteiger partial charge in [-0.3, -0.25) is 4.79 Å². The Morgan fingerprint density at radius 3 is 2.56 bits per heavy atom. The van der Waals surface area contributed by atoms with Crippen LogP contribution in [0.25, 0.3) is 0 Å². The molecule has 1 aromatic rings. The topological polar surface area (TPSA) is 104 Å². The van der Waals surface area contributed by atoms with Gasteiger partial charge in [-0.2, -0.15) is 0 Å². The second-order valence-electron chi connectivity index (χ2n) is 4.48. The van der Waals surface area contributed by atoms with Crippen LogP contribution >= 0.6 is 0 Å². The van der Waals surface area contributed by atoms with Crippen LogP contribution in [-0.4, -0.2) is 23.7 Å². The molecule has 2 amide bonds. The van der Waals surface area contributed by atoms with E-state index in [1.807, 2.05) is 0 Å². The maximum Gasteiger partial charge on any atom is 0.319 e. The summed E-state index contributed by atoms with van der Waals surface area (Å²) >= 11 is 0. The van der Waals surface area contributed by atoms with Gasteiger partial charge in [-0.1, -0.05) is 12.1 Å². The van der Waals surface area contributed by atoms with Crippen LogP contribution in [0.2, 0.25) is 0 Å². The van der Waals surface area contributed by atoms with Crippen molar-refractivity contribution in [2.24, 2.45) is 5.41 Å². The molecular formula is C12H15N3O3. The summed E-state index contributed by atoms with van der Waals surface area (Å²) in [5, 5.41) is 14.1. The lowest BCUT2D eigenvalue weighted by atomic mass is 10.1. The normalized spacial score (nSPS) is 15.8. The number of benzene rings is 1. The standard InChI is InChI=1S/C12H15N3O3/c13-8-3-1-2-4-9(8)15-11(18)14-7-12(5-6-12)10(16)17/h1-4H,5-7,13H2,(H,16,17)(H2,14,15,18). The Bertz CT molecular complexity index is 483. The number of nitrogens with one attached hydrogen (secondary N) is 2. The van der Waals surface area contributed by atoms with E-state index in [1.54, 1.807) is 24.3 Å². The minimum Gasteiger partial charge on any atom is -0.481 e. The van der Waals surface area contributed by atoms with E-state index in [9.17, 15) is 9.59 Å². The van der Waals surface area contributed by atoms with Gasteiger partial charge in [-0.05, 0) is 25.0 Å². The molecular weight excluding hydrogens is 234 g/mol. The van der Waals surface area contributed by atoms with Crippen molar-refractivity contribution >= 4 is 23.4 Å². The third kappa shape index (κ3) is 2.53. The molecule has 0 bridgehead atoms. The summed E-state index contributed by atoms with van der Waals surface area (Å²) in [5.41, 5.74) is 5.88. The molecule has 6 heteroatoms. The molecule has 1 aromatic carbocycles. The second-order valence-corrected chi connectivity index (χ2v) is 4.48. The Labute approximate surface area is 104 Å². The number of carboxylic acid groups (broad SMARTS) is 1. The molecule has 0 saturated heterocycles. The molecule has 0 spiro atoms. The van der Waals surface area contributed by atoms with Gasteiger partial charge >= 0.3 is 12.0 Å². The maximum atomic E-state index is 11.6. The summed E-state index contributed by atoms with van der Waals surface area (Å²) in [6.07, 6.45) is 1.21. The first-order valence-electron chi connectivity index (χ1n) is 5.66. The summed E-state index contributed by atoms with van der Waals surface area (Å²) in [7, 11) is 0. The largest absolute Gasteiger partial charge is 0.481 e. The number of para-hydroxylation sites is 2. The fraction of sp³-hybridized carbons (Fsp3) is 0.333. The van der Waals surface area contributed by atoms with Crippen molar-refractivity contribution in [1.29, 1.82) is 0 Å². The highest BCUT2D eigenvalue weighted by molar-refractivity contribution is 5.93. The number of hydrogen-bond acceptors (Lipinski definition) is 3. The first kappa shape index (κ1) is 12.2.